The average Bonchev–Trinajstić information content (AvgIpc) is 2.30. The molecule has 2 nitrogen and oxygen atoms in total. The second-order valence-electron chi connectivity index (χ2n) is 3.05. The lowest BCUT2D eigenvalue weighted by Gasteiger charge is -2.05. The van der Waals surface area contributed by atoms with E-state index in [1.165, 1.54) is 0 Å². The smallest absolute Gasteiger partial charge is 0.150 e. The Morgan fingerprint density at radius 3 is 2.53 bits per heavy atom. The van der Waals surface area contributed by atoms with E-state index in [0.717, 1.165) is 17.4 Å². The number of aldehydes is 1. The summed E-state index contributed by atoms with van der Waals surface area (Å²) < 4.78 is 0. The van der Waals surface area contributed by atoms with Gasteiger partial charge in [0, 0.05) is 17.3 Å². The summed E-state index contributed by atoms with van der Waals surface area (Å²) in [6, 6.07) is 10.9. The van der Waals surface area contributed by atoms with Crippen molar-refractivity contribution in [3.05, 3.63) is 53.3 Å². The zero-order chi connectivity index (χ0) is 10.7. The van der Waals surface area contributed by atoms with Crippen LogP contribution >= 0.6 is 11.6 Å². The van der Waals surface area contributed by atoms with Crippen molar-refractivity contribution in [1.82, 2.24) is 4.98 Å². The molecule has 3 heteroatoms. The summed E-state index contributed by atoms with van der Waals surface area (Å²) >= 11 is 5.96. The van der Waals surface area contributed by atoms with Crippen LogP contribution in [-0.4, -0.2) is 11.3 Å². The van der Waals surface area contributed by atoms with Crippen LogP contribution in [0.1, 0.15) is 10.4 Å². The lowest BCUT2D eigenvalue weighted by Crippen LogP contribution is -1.88. The van der Waals surface area contributed by atoms with E-state index in [9.17, 15) is 4.79 Å². The van der Waals surface area contributed by atoms with Crippen LogP contribution in [0, 0.1) is 0 Å². The maximum atomic E-state index is 10.8. The predicted octanol–water partition coefficient (Wildman–Crippen LogP) is 3.21. The molecule has 1 aromatic carbocycles. The Morgan fingerprint density at radius 1 is 1.07 bits per heavy atom. The summed E-state index contributed by atoms with van der Waals surface area (Å²) in [7, 11) is 0. The zero-order valence-electron chi connectivity index (χ0n) is 7.85. The number of carbonyl (C=O) groups is 1. The normalized spacial score (nSPS) is 9.93. The molecular formula is C12H8ClNO. The minimum absolute atomic E-state index is 0.409. The summed E-state index contributed by atoms with van der Waals surface area (Å²) in [5, 5.41) is 0.409. The SMILES string of the molecule is O=Cc1ccccc1-c1cccnc1Cl. The van der Waals surface area contributed by atoms with Gasteiger partial charge in [-0.05, 0) is 17.7 Å². The van der Waals surface area contributed by atoms with Crippen LogP contribution in [0.2, 0.25) is 5.15 Å². The topological polar surface area (TPSA) is 30.0 Å². The number of benzene rings is 1. The number of pyridine rings is 1. The first-order valence-corrected chi connectivity index (χ1v) is 4.86. The molecule has 0 aliphatic rings. The lowest BCUT2D eigenvalue weighted by molar-refractivity contribution is 0.112. The van der Waals surface area contributed by atoms with Gasteiger partial charge >= 0.3 is 0 Å². The number of halogens is 1. The molecule has 2 rings (SSSR count). The molecule has 0 saturated carbocycles. The van der Waals surface area contributed by atoms with Gasteiger partial charge in [-0.15, -0.1) is 0 Å². The Hall–Kier alpha value is -1.67. The van der Waals surface area contributed by atoms with Gasteiger partial charge in [0.2, 0.25) is 0 Å². The molecule has 0 atom stereocenters. The van der Waals surface area contributed by atoms with Gasteiger partial charge in [-0.2, -0.15) is 0 Å². The maximum absolute atomic E-state index is 10.8. The quantitative estimate of drug-likeness (QED) is 0.571. The van der Waals surface area contributed by atoms with E-state index in [0.29, 0.717) is 10.7 Å². The van der Waals surface area contributed by atoms with Crippen LogP contribution in [0.15, 0.2) is 42.6 Å². The van der Waals surface area contributed by atoms with Crippen LogP contribution in [0.25, 0.3) is 11.1 Å². The maximum Gasteiger partial charge on any atom is 0.150 e. The molecule has 0 aliphatic carbocycles. The van der Waals surface area contributed by atoms with Crippen molar-refractivity contribution >= 4 is 17.9 Å². The lowest BCUT2D eigenvalue weighted by atomic mass is 10.0. The molecule has 1 aromatic heterocycles. The first kappa shape index (κ1) is 9.87. The third-order valence-electron chi connectivity index (χ3n) is 2.14. The number of nitrogens with zero attached hydrogens (tertiary/aromatic N) is 1. The van der Waals surface area contributed by atoms with Crippen LogP contribution in [0.4, 0.5) is 0 Å². The van der Waals surface area contributed by atoms with Crippen LogP contribution < -0.4 is 0 Å². The van der Waals surface area contributed by atoms with Gasteiger partial charge in [-0.3, -0.25) is 4.79 Å². The Labute approximate surface area is 92.5 Å². The Kier molecular flexibility index (Phi) is 2.79. The molecule has 2 aromatic rings. The van der Waals surface area contributed by atoms with Crippen molar-refractivity contribution in [2.75, 3.05) is 0 Å². The van der Waals surface area contributed by atoms with Gasteiger partial charge in [0.05, 0.1) is 0 Å². The highest BCUT2D eigenvalue weighted by Crippen LogP contribution is 2.27. The van der Waals surface area contributed by atoms with Gasteiger partial charge in [0.1, 0.15) is 5.15 Å². The molecule has 0 spiro atoms. The molecule has 0 fully saturated rings. The molecule has 0 aliphatic heterocycles. The average molecular weight is 218 g/mol. The number of hydrogen-bond donors (Lipinski definition) is 0. The van der Waals surface area contributed by atoms with Crippen LogP contribution in [0.3, 0.4) is 0 Å². The third-order valence-corrected chi connectivity index (χ3v) is 2.44. The van der Waals surface area contributed by atoms with E-state index in [1.807, 2.05) is 24.3 Å². The predicted molar refractivity (Wildman–Crippen MR) is 60.1 cm³/mol. The van der Waals surface area contributed by atoms with Crippen LogP contribution in [0.5, 0.6) is 0 Å². The molecule has 0 saturated heterocycles. The molecule has 15 heavy (non-hydrogen) atoms. The molecule has 0 bridgehead atoms. The largest absolute Gasteiger partial charge is 0.298 e. The molecular weight excluding hydrogens is 210 g/mol. The summed E-state index contributed by atoms with van der Waals surface area (Å²) in [5.74, 6) is 0. The Balaban J connectivity index is 2.64. The summed E-state index contributed by atoms with van der Waals surface area (Å²) in [6.45, 7) is 0. The van der Waals surface area contributed by atoms with Crippen molar-refractivity contribution < 1.29 is 4.79 Å². The first-order chi connectivity index (χ1) is 7.33. The Bertz CT molecular complexity index is 496. The van der Waals surface area contributed by atoms with Crippen molar-refractivity contribution in [3.63, 3.8) is 0 Å². The third kappa shape index (κ3) is 1.90. The monoisotopic (exact) mass is 217 g/mol. The van der Waals surface area contributed by atoms with Gasteiger partial charge < -0.3 is 0 Å². The van der Waals surface area contributed by atoms with E-state index in [4.69, 9.17) is 11.6 Å². The van der Waals surface area contributed by atoms with E-state index < -0.39 is 0 Å². The van der Waals surface area contributed by atoms with Gasteiger partial charge in [0.15, 0.2) is 6.29 Å². The Morgan fingerprint density at radius 2 is 1.80 bits per heavy atom. The first-order valence-electron chi connectivity index (χ1n) is 4.48. The van der Waals surface area contributed by atoms with Gasteiger partial charge in [-0.1, -0.05) is 35.9 Å². The number of aromatic nitrogens is 1. The molecule has 74 valence electrons. The number of rotatable bonds is 2. The fourth-order valence-corrected chi connectivity index (χ4v) is 1.65. The summed E-state index contributed by atoms with van der Waals surface area (Å²) in [6.07, 6.45) is 2.44. The zero-order valence-corrected chi connectivity index (χ0v) is 8.61. The standard InChI is InChI=1S/C12H8ClNO/c13-12-11(6-3-7-14-12)10-5-2-1-4-9(10)8-15/h1-8H. The molecule has 0 radical (unpaired) electrons. The van der Waals surface area contributed by atoms with Crippen molar-refractivity contribution in [1.29, 1.82) is 0 Å². The van der Waals surface area contributed by atoms with Crippen LogP contribution in [-0.2, 0) is 0 Å². The number of hydrogen-bond acceptors (Lipinski definition) is 2. The van der Waals surface area contributed by atoms with E-state index in [1.54, 1.807) is 18.3 Å². The fourth-order valence-electron chi connectivity index (χ4n) is 1.43. The van der Waals surface area contributed by atoms with E-state index in [-0.39, 0.29) is 0 Å². The van der Waals surface area contributed by atoms with Crippen molar-refractivity contribution in [2.45, 2.75) is 0 Å². The van der Waals surface area contributed by atoms with Gasteiger partial charge in [0.25, 0.3) is 0 Å². The fraction of sp³-hybridized carbons (Fsp3) is 0. The molecule has 1 heterocycles. The van der Waals surface area contributed by atoms with E-state index in [2.05, 4.69) is 4.98 Å². The molecule has 0 unspecified atom stereocenters. The summed E-state index contributed by atoms with van der Waals surface area (Å²) in [5.41, 5.74) is 2.21. The second-order valence-corrected chi connectivity index (χ2v) is 3.40. The number of carbonyl (C=O) groups excluding carboxylic acids is 1. The highest BCUT2D eigenvalue weighted by Gasteiger charge is 2.07. The van der Waals surface area contributed by atoms with Crippen molar-refractivity contribution in [3.8, 4) is 11.1 Å². The highest BCUT2D eigenvalue weighted by molar-refractivity contribution is 6.32. The molecule has 0 amide bonds. The minimum Gasteiger partial charge on any atom is -0.298 e. The van der Waals surface area contributed by atoms with E-state index >= 15 is 0 Å². The minimum atomic E-state index is 0.409. The molecule has 0 N–H and O–H groups in total. The summed E-state index contributed by atoms with van der Waals surface area (Å²) in [4.78, 5) is 14.8. The highest BCUT2D eigenvalue weighted by atomic mass is 35.5. The van der Waals surface area contributed by atoms with Gasteiger partial charge in [-0.25, -0.2) is 4.98 Å². The van der Waals surface area contributed by atoms with Crippen molar-refractivity contribution in [2.24, 2.45) is 0 Å². The second kappa shape index (κ2) is 4.24.